The van der Waals surface area contributed by atoms with E-state index in [0.29, 0.717) is 35.3 Å². The molecule has 1 aliphatic heterocycles. The molecule has 0 radical (unpaired) electrons. The average molecular weight is 370 g/mol. The minimum atomic E-state index is -0.325. The molecule has 0 aliphatic carbocycles. The summed E-state index contributed by atoms with van der Waals surface area (Å²) in [6, 6.07) is 12.7. The van der Waals surface area contributed by atoms with Crippen molar-refractivity contribution in [3.63, 3.8) is 0 Å². The van der Waals surface area contributed by atoms with Crippen LogP contribution in [0.1, 0.15) is 10.4 Å². The number of carbonyl (C=O) groups excluding carboxylic acids is 1. The molecule has 3 aromatic rings. The highest BCUT2D eigenvalue weighted by atomic mass is 32.1. The van der Waals surface area contributed by atoms with Gasteiger partial charge in [-0.25, -0.2) is 9.37 Å². The highest BCUT2D eigenvalue weighted by Gasteiger charge is 2.33. The molecular weight excluding hydrogens is 355 g/mol. The van der Waals surface area contributed by atoms with E-state index in [9.17, 15) is 9.18 Å². The molecule has 0 spiro atoms. The molecule has 2 heterocycles. The Hall–Kier alpha value is -2.93. The van der Waals surface area contributed by atoms with Crippen LogP contribution in [0.25, 0.3) is 0 Å². The predicted octanol–water partition coefficient (Wildman–Crippen LogP) is 3.98. The fourth-order valence-electron chi connectivity index (χ4n) is 2.60. The normalized spacial score (nSPS) is 14.0. The number of hydrogen-bond acceptors (Lipinski definition) is 5. The molecule has 1 fully saturated rings. The van der Waals surface area contributed by atoms with E-state index in [2.05, 4.69) is 4.98 Å². The topological polar surface area (TPSA) is 51.7 Å². The third-order valence-electron chi connectivity index (χ3n) is 3.94. The van der Waals surface area contributed by atoms with Crippen molar-refractivity contribution < 1.29 is 18.7 Å². The van der Waals surface area contributed by atoms with Gasteiger partial charge in [-0.3, -0.25) is 4.79 Å². The van der Waals surface area contributed by atoms with Crippen LogP contribution in [0.2, 0.25) is 0 Å². The summed E-state index contributed by atoms with van der Waals surface area (Å²) in [5, 5.41) is 2.47. The maximum atomic E-state index is 13.0. The SMILES string of the molecule is O=C(c1cccc(Oc2ccc(F)cc2)c1)N1CC(Oc2nccs2)C1. The van der Waals surface area contributed by atoms with Gasteiger partial charge < -0.3 is 14.4 Å². The lowest BCUT2D eigenvalue weighted by molar-refractivity contribution is 0.0177. The second-order valence-corrected chi connectivity index (χ2v) is 6.69. The van der Waals surface area contributed by atoms with Gasteiger partial charge in [-0.2, -0.15) is 0 Å². The van der Waals surface area contributed by atoms with Crippen LogP contribution >= 0.6 is 11.3 Å². The summed E-state index contributed by atoms with van der Waals surface area (Å²) >= 11 is 1.43. The van der Waals surface area contributed by atoms with Gasteiger partial charge in [-0.1, -0.05) is 17.4 Å². The molecule has 0 bridgehead atoms. The van der Waals surface area contributed by atoms with Crippen LogP contribution in [-0.4, -0.2) is 35.0 Å². The van der Waals surface area contributed by atoms with Crippen molar-refractivity contribution in [3.05, 3.63) is 71.5 Å². The van der Waals surface area contributed by atoms with Crippen molar-refractivity contribution in [3.8, 4) is 16.7 Å². The van der Waals surface area contributed by atoms with Crippen LogP contribution in [-0.2, 0) is 0 Å². The summed E-state index contributed by atoms with van der Waals surface area (Å²) in [6.07, 6.45) is 1.66. The predicted molar refractivity (Wildman–Crippen MR) is 95.3 cm³/mol. The minimum Gasteiger partial charge on any atom is -0.463 e. The monoisotopic (exact) mass is 370 g/mol. The molecule has 4 rings (SSSR count). The molecule has 7 heteroatoms. The highest BCUT2D eigenvalue weighted by molar-refractivity contribution is 7.11. The average Bonchev–Trinajstić information content (AvgIpc) is 3.13. The number of amides is 1. The number of benzene rings is 2. The van der Waals surface area contributed by atoms with Gasteiger partial charge in [0, 0.05) is 17.1 Å². The van der Waals surface area contributed by atoms with Crippen molar-refractivity contribution in [1.29, 1.82) is 0 Å². The van der Waals surface area contributed by atoms with Crippen molar-refractivity contribution in [2.75, 3.05) is 13.1 Å². The van der Waals surface area contributed by atoms with Crippen molar-refractivity contribution in [2.45, 2.75) is 6.10 Å². The van der Waals surface area contributed by atoms with Gasteiger partial charge in [0.1, 0.15) is 23.4 Å². The largest absolute Gasteiger partial charge is 0.463 e. The van der Waals surface area contributed by atoms with E-state index >= 15 is 0 Å². The summed E-state index contributed by atoms with van der Waals surface area (Å²) in [5.74, 6) is 0.637. The Bertz CT molecular complexity index is 893. The first-order valence-corrected chi connectivity index (χ1v) is 8.94. The number of nitrogens with zero attached hydrogens (tertiary/aromatic N) is 2. The van der Waals surface area contributed by atoms with Gasteiger partial charge in [-0.05, 0) is 42.5 Å². The molecule has 0 N–H and O–H groups in total. The quantitative estimate of drug-likeness (QED) is 0.682. The first kappa shape index (κ1) is 16.5. The molecule has 0 saturated carbocycles. The Morgan fingerprint density at radius 1 is 1.15 bits per heavy atom. The summed E-state index contributed by atoms with van der Waals surface area (Å²) in [4.78, 5) is 18.4. The Morgan fingerprint density at radius 3 is 2.69 bits per heavy atom. The molecule has 1 amide bonds. The van der Waals surface area contributed by atoms with Crippen molar-refractivity contribution in [2.24, 2.45) is 0 Å². The summed E-state index contributed by atoms with van der Waals surface area (Å²) in [6.45, 7) is 1.06. The number of aromatic nitrogens is 1. The maximum Gasteiger partial charge on any atom is 0.273 e. The van der Waals surface area contributed by atoms with E-state index in [1.54, 1.807) is 47.5 Å². The van der Waals surface area contributed by atoms with Crippen LogP contribution in [0, 0.1) is 5.82 Å². The molecule has 132 valence electrons. The van der Waals surface area contributed by atoms with Crippen LogP contribution in [0.4, 0.5) is 4.39 Å². The highest BCUT2D eigenvalue weighted by Crippen LogP contribution is 2.25. The molecule has 1 aromatic heterocycles. The fourth-order valence-corrected chi connectivity index (χ4v) is 3.16. The van der Waals surface area contributed by atoms with E-state index in [0.717, 1.165) is 0 Å². The number of likely N-dealkylation sites (tertiary alicyclic amines) is 1. The van der Waals surface area contributed by atoms with Gasteiger partial charge in [0.2, 0.25) is 0 Å². The summed E-state index contributed by atoms with van der Waals surface area (Å²) in [5.41, 5.74) is 0.539. The minimum absolute atomic E-state index is 0.0243. The molecule has 1 aliphatic rings. The fraction of sp³-hybridized carbons (Fsp3) is 0.158. The van der Waals surface area contributed by atoms with Gasteiger partial charge in [0.15, 0.2) is 0 Å². The van der Waals surface area contributed by atoms with Crippen molar-refractivity contribution >= 4 is 17.2 Å². The van der Waals surface area contributed by atoms with Gasteiger partial charge in [0.25, 0.3) is 11.1 Å². The lowest BCUT2D eigenvalue weighted by Crippen LogP contribution is -2.56. The zero-order valence-corrected chi connectivity index (χ0v) is 14.5. The first-order chi connectivity index (χ1) is 12.7. The molecule has 1 saturated heterocycles. The lowest BCUT2D eigenvalue weighted by atomic mass is 10.1. The number of hydrogen-bond donors (Lipinski definition) is 0. The number of carbonyl (C=O) groups is 1. The first-order valence-electron chi connectivity index (χ1n) is 8.06. The molecule has 0 unspecified atom stereocenters. The Kier molecular flexibility index (Phi) is 4.53. The maximum absolute atomic E-state index is 13.0. The smallest absolute Gasteiger partial charge is 0.273 e. The van der Waals surface area contributed by atoms with E-state index < -0.39 is 0 Å². The van der Waals surface area contributed by atoms with Crippen LogP contribution in [0.5, 0.6) is 16.7 Å². The summed E-state index contributed by atoms with van der Waals surface area (Å²) in [7, 11) is 0. The number of ether oxygens (including phenoxy) is 2. The van der Waals surface area contributed by atoms with Crippen LogP contribution in [0.15, 0.2) is 60.1 Å². The molecule has 5 nitrogen and oxygen atoms in total. The number of rotatable bonds is 5. The summed E-state index contributed by atoms with van der Waals surface area (Å²) < 4.78 is 24.3. The Balaban J connectivity index is 1.37. The zero-order valence-electron chi connectivity index (χ0n) is 13.7. The Morgan fingerprint density at radius 2 is 1.96 bits per heavy atom. The standard InChI is InChI=1S/C19H15FN2O3S/c20-14-4-6-15(7-5-14)24-16-3-1-2-13(10-16)18(23)22-11-17(12-22)25-19-21-8-9-26-19/h1-10,17H,11-12H2. The number of halogens is 1. The van der Waals surface area contributed by atoms with E-state index in [1.165, 1.54) is 23.5 Å². The second kappa shape index (κ2) is 7.13. The van der Waals surface area contributed by atoms with Gasteiger partial charge >= 0.3 is 0 Å². The molecule has 0 atom stereocenters. The second-order valence-electron chi connectivity index (χ2n) is 5.83. The third-order valence-corrected chi connectivity index (χ3v) is 4.60. The Labute approximate surface area is 153 Å². The van der Waals surface area contributed by atoms with Gasteiger partial charge in [0.05, 0.1) is 13.1 Å². The van der Waals surface area contributed by atoms with Crippen molar-refractivity contribution in [1.82, 2.24) is 9.88 Å². The zero-order chi connectivity index (χ0) is 17.9. The van der Waals surface area contributed by atoms with E-state index in [4.69, 9.17) is 9.47 Å². The third kappa shape index (κ3) is 3.67. The molecular formula is C19H15FN2O3S. The van der Waals surface area contributed by atoms with E-state index in [1.807, 2.05) is 5.38 Å². The lowest BCUT2D eigenvalue weighted by Gasteiger charge is -2.38. The van der Waals surface area contributed by atoms with Crippen LogP contribution < -0.4 is 9.47 Å². The number of thiazole rings is 1. The van der Waals surface area contributed by atoms with Gasteiger partial charge in [-0.15, -0.1) is 0 Å². The molecule has 2 aromatic carbocycles. The van der Waals surface area contributed by atoms with E-state index in [-0.39, 0.29) is 17.8 Å². The molecule has 26 heavy (non-hydrogen) atoms. The van der Waals surface area contributed by atoms with Crippen LogP contribution in [0.3, 0.4) is 0 Å².